The van der Waals surface area contributed by atoms with Crippen LogP contribution in [0.25, 0.3) is 0 Å². The first kappa shape index (κ1) is 27.1. The van der Waals surface area contributed by atoms with Gasteiger partial charge in [0.05, 0.1) is 6.61 Å². The van der Waals surface area contributed by atoms with Crippen molar-refractivity contribution in [2.24, 2.45) is 4.99 Å². The van der Waals surface area contributed by atoms with Gasteiger partial charge in [-0.3, -0.25) is 4.99 Å². The van der Waals surface area contributed by atoms with Crippen LogP contribution in [0, 0.1) is 0 Å². The maximum atomic E-state index is 12.7. The van der Waals surface area contributed by atoms with Crippen molar-refractivity contribution in [2.75, 3.05) is 33.4 Å². The molecule has 9 heteroatoms. The summed E-state index contributed by atoms with van der Waals surface area (Å²) in [6, 6.07) is 15.0. The van der Waals surface area contributed by atoms with Crippen molar-refractivity contribution in [3.8, 4) is 11.5 Å². The molecule has 0 radical (unpaired) electrons. The first-order chi connectivity index (χ1) is 15.6. The number of alkyl halides is 2. The number of hydrogen-bond acceptors (Lipinski definition) is 4. The largest absolute Gasteiger partial charge is 0.494 e. The van der Waals surface area contributed by atoms with E-state index in [4.69, 9.17) is 9.47 Å². The Morgan fingerprint density at radius 3 is 2.42 bits per heavy atom. The van der Waals surface area contributed by atoms with Crippen molar-refractivity contribution >= 4 is 29.9 Å². The smallest absolute Gasteiger partial charge is 0.387 e. The Morgan fingerprint density at radius 1 is 1.09 bits per heavy atom. The zero-order valence-corrected chi connectivity index (χ0v) is 21.3. The fraction of sp³-hybridized carbons (Fsp3) is 0.458. The first-order valence-electron chi connectivity index (χ1n) is 10.8. The molecular formula is C24H32F2IN3O3. The molecule has 2 aromatic rings. The SMILES string of the molecule is CCOc1ccc(C2(CNC(=NC)NCc3ccccc3OC(F)F)CCOCC2)cc1.I. The molecule has 3 rings (SSSR count). The van der Waals surface area contributed by atoms with E-state index in [2.05, 4.69) is 32.5 Å². The average molecular weight is 575 g/mol. The van der Waals surface area contributed by atoms with Crippen LogP contribution in [0.5, 0.6) is 11.5 Å². The van der Waals surface area contributed by atoms with Crippen LogP contribution < -0.4 is 20.1 Å². The topological polar surface area (TPSA) is 64.1 Å². The van der Waals surface area contributed by atoms with Crippen LogP contribution in [-0.4, -0.2) is 46.0 Å². The first-order valence-corrected chi connectivity index (χ1v) is 10.8. The number of aliphatic imine (C=N–C) groups is 1. The Labute approximate surface area is 211 Å². The molecule has 0 aromatic heterocycles. The zero-order valence-electron chi connectivity index (χ0n) is 19.0. The zero-order chi connectivity index (χ0) is 22.8. The van der Waals surface area contributed by atoms with Crippen LogP contribution in [0.1, 0.15) is 30.9 Å². The van der Waals surface area contributed by atoms with Gasteiger partial charge in [-0.25, -0.2) is 0 Å². The Balaban J connectivity index is 0.00000385. The molecule has 0 atom stereocenters. The molecule has 1 fully saturated rings. The van der Waals surface area contributed by atoms with E-state index in [0.29, 0.717) is 44.4 Å². The lowest BCUT2D eigenvalue weighted by Gasteiger charge is -2.38. The van der Waals surface area contributed by atoms with Gasteiger partial charge in [0.15, 0.2) is 5.96 Å². The van der Waals surface area contributed by atoms with Crippen molar-refractivity contribution in [3.63, 3.8) is 0 Å². The quantitative estimate of drug-likeness (QED) is 0.258. The van der Waals surface area contributed by atoms with Gasteiger partial charge in [-0.2, -0.15) is 8.78 Å². The van der Waals surface area contributed by atoms with Gasteiger partial charge in [0.1, 0.15) is 11.5 Å². The van der Waals surface area contributed by atoms with Crippen molar-refractivity contribution in [1.82, 2.24) is 10.6 Å². The lowest BCUT2D eigenvalue weighted by molar-refractivity contribution is -0.0504. The van der Waals surface area contributed by atoms with Crippen LogP contribution in [0.15, 0.2) is 53.5 Å². The van der Waals surface area contributed by atoms with Crippen molar-refractivity contribution in [1.29, 1.82) is 0 Å². The fourth-order valence-corrected chi connectivity index (χ4v) is 3.91. The molecule has 1 saturated heterocycles. The second kappa shape index (κ2) is 13.5. The van der Waals surface area contributed by atoms with Gasteiger partial charge >= 0.3 is 6.61 Å². The Hall–Kier alpha value is -2.14. The second-order valence-corrected chi connectivity index (χ2v) is 7.62. The van der Waals surface area contributed by atoms with E-state index >= 15 is 0 Å². The average Bonchev–Trinajstić information content (AvgIpc) is 2.81. The third-order valence-corrected chi connectivity index (χ3v) is 5.68. The summed E-state index contributed by atoms with van der Waals surface area (Å²) in [5.74, 6) is 1.60. The highest BCUT2D eigenvalue weighted by molar-refractivity contribution is 14.0. The number of rotatable bonds is 9. The number of guanidine groups is 1. The standard InChI is InChI=1S/C24H31F2N3O3.HI/c1-3-31-20-10-8-19(9-11-20)24(12-14-30-15-13-24)17-29-23(27-2)28-16-18-6-4-5-7-21(18)32-22(25)26;/h4-11,22H,3,12-17H2,1-2H3,(H2,27,28,29);1H. The second-order valence-electron chi connectivity index (χ2n) is 7.62. The van der Waals surface area contributed by atoms with E-state index in [-0.39, 0.29) is 35.1 Å². The molecule has 0 spiro atoms. The molecule has 0 amide bonds. The molecule has 1 aliphatic heterocycles. The van der Waals surface area contributed by atoms with Crippen LogP contribution in [0.2, 0.25) is 0 Å². The number of nitrogens with zero attached hydrogens (tertiary/aromatic N) is 1. The molecule has 0 unspecified atom stereocenters. The third kappa shape index (κ3) is 7.70. The highest BCUT2D eigenvalue weighted by atomic mass is 127. The number of benzene rings is 2. The van der Waals surface area contributed by atoms with Crippen molar-refractivity contribution in [3.05, 3.63) is 59.7 Å². The van der Waals surface area contributed by atoms with E-state index in [1.807, 2.05) is 19.1 Å². The molecule has 0 bridgehead atoms. The molecule has 33 heavy (non-hydrogen) atoms. The maximum absolute atomic E-state index is 12.7. The minimum absolute atomic E-state index is 0. The molecule has 1 heterocycles. The van der Waals surface area contributed by atoms with Crippen LogP contribution >= 0.6 is 24.0 Å². The molecular weight excluding hydrogens is 543 g/mol. The van der Waals surface area contributed by atoms with E-state index in [9.17, 15) is 8.78 Å². The summed E-state index contributed by atoms with van der Waals surface area (Å²) in [7, 11) is 1.68. The van der Waals surface area contributed by atoms with Crippen LogP contribution in [0.3, 0.4) is 0 Å². The maximum Gasteiger partial charge on any atom is 0.387 e. The molecule has 0 saturated carbocycles. The lowest BCUT2D eigenvalue weighted by atomic mass is 9.74. The highest BCUT2D eigenvalue weighted by Crippen LogP contribution is 2.35. The van der Waals surface area contributed by atoms with Gasteiger partial charge in [-0.05, 0) is 43.5 Å². The molecule has 2 N–H and O–H groups in total. The van der Waals surface area contributed by atoms with Crippen molar-refractivity contribution in [2.45, 2.75) is 38.3 Å². The van der Waals surface area contributed by atoms with Crippen LogP contribution in [0.4, 0.5) is 8.78 Å². The summed E-state index contributed by atoms with van der Waals surface area (Å²) in [6.45, 7) is 2.09. The van der Waals surface area contributed by atoms with Gasteiger partial charge in [0.25, 0.3) is 0 Å². The number of para-hydroxylation sites is 1. The summed E-state index contributed by atoms with van der Waals surface area (Å²) in [5, 5.41) is 6.61. The van der Waals surface area contributed by atoms with Gasteiger partial charge < -0.3 is 24.8 Å². The molecule has 6 nitrogen and oxygen atoms in total. The summed E-state index contributed by atoms with van der Waals surface area (Å²) in [6.07, 6.45) is 1.77. The number of hydrogen-bond donors (Lipinski definition) is 2. The summed E-state index contributed by atoms with van der Waals surface area (Å²) < 4.78 is 41.1. The van der Waals surface area contributed by atoms with Crippen LogP contribution in [-0.2, 0) is 16.7 Å². The summed E-state index contributed by atoms with van der Waals surface area (Å²) in [5.41, 5.74) is 1.75. The molecule has 1 aliphatic rings. The predicted octanol–water partition coefficient (Wildman–Crippen LogP) is 4.72. The predicted molar refractivity (Wildman–Crippen MR) is 136 cm³/mol. The molecule has 2 aromatic carbocycles. The number of halogens is 3. The van der Waals surface area contributed by atoms with E-state index in [0.717, 1.165) is 18.6 Å². The Kier molecular flexibility index (Phi) is 11.1. The summed E-state index contributed by atoms with van der Waals surface area (Å²) in [4.78, 5) is 4.30. The highest BCUT2D eigenvalue weighted by Gasteiger charge is 2.34. The number of ether oxygens (including phenoxy) is 3. The van der Waals surface area contributed by atoms with Crippen molar-refractivity contribution < 1.29 is 23.0 Å². The number of nitrogens with one attached hydrogen (secondary N) is 2. The van der Waals surface area contributed by atoms with Gasteiger partial charge in [0, 0.05) is 44.3 Å². The van der Waals surface area contributed by atoms with Gasteiger partial charge in [0.2, 0.25) is 0 Å². The summed E-state index contributed by atoms with van der Waals surface area (Å²) >= 11 is 0. The van der Waals surface area contributed by atoms with Gasteiger partial charge in [-0.15, -0.1) is 24.0 Å². The monoisotopic (exact) mass is 575 g/mol. The minimum atomic E-state index is -2.86. The molecule has 182 valence electrons. The lowest BCUT2D eigenvalue weighted by Crippen LogP contribution is -2.47. The normalized spacial score (nSPS) is 15.5. The van der Waals surface area contributed by atoms with E-state index in [1.165, 1.54) is 11.6 Å². The Morgan fingerprint density at radius 2 is 1.79 bits per heavy atom. The fourth-order valence-electron chi connectivity index (χ4n) is 3.91. The third-order valence-electron chi connectivity index (χ3n) is 5.68. The Bertz CT molecular complexity index is 876. The minimum Gasteiger partial charge on any atom is -0.494 e. The van der Waals surface area contributed by atoms with Gasteiger partial charge in [-0.1, -0.05) is 30.3 Å². The van der Waals surface area contributed by atoms with E-state index in [1.54, 1.807) is 25.2 Å². The molecule has 0 aliphatic carbocycles. The van der Waals surface area contributed by atoms with E-state index < -0.39 is 6.61 Å².